The van der Waals surface area contributed by atoms with Crippen molar-refractivity contribution in [3.63, 3.8) is 0 Å². The molecule has 0 unspecified atom stereocenters. The van der Waals surface area contributed by atoms with Crippen LogP contribution in [0.4, 0.5) is 0 Å². The molecule has 0 N–H and O–H groups in total. The Morgan fingerprint density at radius 2 is 1.14 bits per heavy atom. The Kier molecular flexibility index (Phi) is 6.13. The molecule has 0 aliphatic heterocycles. The van der Waals surface area contributed by atoms with E-state index in [1.54, 1.807) is 0 Å². The minimum atomic E-state index is -0.0982. The van der Waals surface area contributed by atoms with E-state index in [4.69, 9.17) is 9.97 Å². The molecule has 0 atom stereocenters. The van der Waals surface area contributed by atoms with E-state index in [0.717, 1.165) is 39.2 Å². The molecular weight excluding hydrogens is 534 g/mol. The molecule has 0 saturated heterocycles. The van der Waals surface area contributed by atoms with Crippen LogP contribution in [0, 0.1) is 0 Å². The van der Waals surface area contributed by atoms with Crippen LogP contribution in [0.5, 0.6) is 0 Å². The summed E-state index contributed by atoms with van der Waals surface area (Å²) in [7, 11) is 0. The first kappa shape index (κ1) is 26.1. The van der Waals surface area contributed by atoms with Crippen LogP contribution in [0.25, 0.3) is 51.0 Å². The molecular formula is C41H31N3. The minimum Gasteiger partial charge on any atom is -0.294 e. The number of fused-ring (bicyclic) bond motifs is 3. The largest absolute Gasteiger partial charge is 0.294 e. The Balaban J connectivity index is 1.42. The molecule has 3 nitrogen and oxygen atoms in total. The van der Waals surface area contributed by atoms with Crippen LogP contribution in [0.3, 0.4) is 0 Å². The average Bonchev–Trinajstić information content (AvgIpc) is 3.45. The zero-order valence-corrected chi connectivity index (χ0v) is 24.8. The van der Waals surface area contributed by atoms with Crippen LogP contribution in [-0.4, -0.2) is 14.5 Å². The summed E-state index contributed by atoms with van der Waals surface area (Å²) in [6.45, 7) is 4.66. The predicted molar refractivity (Wildman–Crippen MR) is 182 cm³/mol. The second-order valence-corrected chi connectivity index (χ2v) is 11.9. The summed E-state index contributed by atoms with van der Waals surface area (Å²) in [4.78, 5) is 10.3. The summed E-state index contributed by atoms with van der Waals surface area (Å²) in [6.07, 6.45) is 2.35. The first-order chi connectivity index (χ1) is 21.6. The Bertz CT molecular complexity index is 2080. The van der Waals surface area contributed by atoms with E-state index in [0.29, 0.717) is 5.82 Å². The van der Waals surface area contributed by atoms with Gasteiger partial charge in [0.1, 0.15) is 5.82 Å². The first-order valence-electron chi connectivity index (χ1n) is 15.1. The lowest BCUT2D eigenvalue weighted by Gasteiger charge is -2.36. The number of nitrogens with zero attached hydrogens (tertiary/aromatic N) is 3. The van der Waals surface area contributed by atoms with Gasteiger partial charge in [-0.05, 0) is 46.0 Å². The summed E-state index contributed by atoms with van der Waals surface area (Å²) in [5.41, 5.74) is 11.5. The molecule has 0 radical (unpaired) electrons. The maximum atomic E-state index is 5.21. The van der Waals surface area contributed by atoms with E-state index in [1.807, 2.05) is 24.3 Å². The van der Waals surface area contributed by atoms with Crippen molar-refractivity contribution in [1.82, 2.24) is 14.5 Å². The van der Waals surface area contributed by atoms with Gasteiger partial charge in [-0.15, -0.1) is 0 Å². The summed E-state index contributed by atoms with van der Waals surface area (Å²) in [6, 6.07) is 51.2. The van der Waals surface area contributed by atoms with Crippen molar-refractivity contribution in [2.24, 2.45) is 0 Å². The first-order valence-corrected chi connectivity index (χ1v) is 15.1. The normalized spacial score (nSPS) is 13.4. The van der Waals surface area contributed by atoms with Crippen LogP contribution in [0.15, 0.2) is 146 Å². The summed E-state index contributed by atoms with van der Waals surface area (Å²) < 4.78 is 2.29. The molecule has 0 amide bonds. The van der Waals surface area contributed by atoms with Gasteiger partial charge < -0.3 is 0 Å². The van der Waals surface area contributed by atoms with Crippen molar-refractivity contribution in [2.45, 2.75) is 19.3 Å². The fraction of sp³-hybridized carbons (Fsp3) is 0.0732. The van der Waals surface area contributed by atoms with Gasteiger partial charge in [0, 0.05) is 33.7 Å². The number of benzene rings is 5. The smallest absolute Gasteiger partial charge is 0.162 e. The van der Waals surface area contributed by atoms with Crippen molar-refractivity contribution in [3.8, 4) is 28.5 Å². The Labute approximate surface area is 257 Å². The van der Waals surface area contributed by atoms with Gasteiger partial charge in [-0.1, -0.05) is 141 Å². The van der Waals surface area contributed by atoms with Crippen LogP contribution >= 0.6 is 0 Å². The van der Waals surface area contributed by atoms with Gasteiger partial charge in [0.25, 0.3) is 0 Å². The molecule has 0 fully saturated rings. The fourth-order valence-electron chi connectivity index (χ4n) is 6.68. The maximum absolute atomic E-state index is 5.21. The molecule has 2 heterocycles. The van der Waals surface area contributed by atoms with Gasteiger partial charge in [0.05, 0.1) is 11.2 Å². The summed E-state index contributed by atoms with van der Waals surface area (Å²) in [5, 5.41) is 1.16. The lowest BCUT2D eigenvalue weighted by molar-refractivity contribution is 0.630. The highest BCUT2D eigenvalue weighted by atomic mass is 15.1. The number of rotatable bonds is 4. The Hall–Kier alpha value is -5.54. The molecule has 5 aromatic carbocycles. The van der Waals surface area contributed by atoms with Crippen molar-refractivity contribution >= 4 is 22.6 Å². The van der Waals surface area contributed by atoms with E-state index in [2.05, 4.69) is 146 Å². The molecule has 1 aliphatic rings. The zero-order valence-electron chi connectivity index (χ0n) is 24.8. The van der Waals surface area contributed by atoms with Crippen LogP contribution in [0.1, 0.15) is 41.8 Å². The van der Waals surface area contributed by atoms with Gasteiger partial charge in [-0.3, -0.25) is 4.57 Å². The van der Waals surface area contributed by atoms with Gasteiger partial charge in [-0.25, -0.2) is 9.97 Å². The molecule has 7 aromatic rings. The SMILES string of the molecule is CC1(C)c2ccccc2C(=Cc2cc3ccccc3n2-c2cc(-c3ccccc3)nc(-c3ccccc3)n2)c2ccccc21. The number of hydrogen-bond acceptors (Lipinski definition) is 2. The fourth-order valence-corrected chi connectivity index (χ4v) is 6.68. The second-order valence-electron chi connectivity index (χ2n) is 11.9. The number of para-hydroxylation sites is 1. The Morgan fingerprint density at radius 3 is 1.82 bits per heavy atom. The monoisotopic (exact) mass is 565 g/mol. The molecule has 0 saturated carbocycles. The number of aromatic nitrogens is 3. The topological polar surface area (TPSA) is 30.7 Å². The lowest BCUT2D eigenvalue weighted by atomic mass is 9.67. The van der Waals surface area contributed by atoms with Gasteiger partial charge in [0.15, 0.2) is 5.82 Å². The van der Waals surface area contributed by atoms with E-state index in [-0.39, 0.29) is 5.41 Å². The van der Waals surface area contributed by atoms with Crippen molar-refractivity contribution < 1.29 is 0 Å². The highest BCUT2D eigenvalue weighted by molar-refractivity contribution is 5.98. The number of hydrogen-bond donors (Lipinski definition) is 0. The van der Waals surface area contributed by atoms with Crippen molar-refractivity contribution in [2.75, 3.05) is 0 Å². The van der Waals surface area contributed by atoms with Gasteiger partial charge >= 0.3 is 0 Å². The third-order valence-electron chi connectivity index (χ3n) is 8.86. The minimum absolute atomic E-state index is 0.0982. The average molecular weight is 566 g/mol. The standard InChI is InChI=1S/C41H31N3/c1-41(2)35-22-12-10-20-32(35)34(33-21-11-13-23-36(33)41)26-31-25-30-19-9-14-24-38(30)44(31)39-27-37(28-15-5-3-6-16-28)42-40(43-39)29-17-7-4-8-18-29/h3-27H,1-2H3. The molecule has 1 aliphatic carbocycles. The maximum Gasteiger partial charge on any atom is 0.162 e. The molecule has 8 rings (SSSR count). The lowest BCUT2D eigenvalue weighted by Crippen LogP contribution is -2.26. The van der Waals surface area contributed by atoms with Crippen LogP contribution in [0.2, 0.25) is 0 Å². The molecule has 210 valence electrons. The van der Waals surface area contributed by atoms with Crippen LogP contribution in [-0.2, 0) is 5.41 Å². The van der Waals surface area contributed by atoms with Crippen molar-refractivity contribution in [1.29, 1.82) is 0 Å². The zero-order chi connectivity index (χ0) is 29.7. The second kappa shape index (κ2) is 10.3. The third-order valence-corrected chi connectivity index (χ3v) is 8.86. The molecule has 0 spiro atoms. The van der Waals surface area contributed by atoms with Crippen molar-refractivity contribution in [3.05, 3.63) is 174 Å². The van der Waals surface area contributed by atoms with Gasteiger partial charge in [-0.2, -0.15) is 0 Å². The molecule has 3 heteroatoms. The van der Waals surface area contributed by atoms with E-state index in [1.165, 1.54) is 27.8 Å². The third kappa shape index (κ3) is 4.28. The highest BCUT2D eigenvalue weighted by Crippen LogP contribution is 2.47. The van der Waals surface area contributed by atoms with Crippen LogP contribution < -0.4 is 0 Å². The summed E-state index contributed by atoms with van der Waals surface area (Å²) >= 11 is 0. The summed E-state index contributed by atoms with van der Waals surface area (Å²) in [5.74, 6) is 1.54. The van der Waals surface area contributed by atoms with E-state index < -0.39 is 0 Å². The quantitative estimate of drug-likeness (QED) is 0.213. The molecule has 0 bridgehead atoms. The molecule has 2 aromatic heterocycles. The van der Waals surface area contributed by atoms with E-state index >= 15 is 0 Å². The van der Waals surface area contributed by atoms with Gasteiger partial charge in [0.2, 0.25) is 0 Å². The molecule has 44 heavy (non-hydrogen) atoms. The predicted octanol–water partition coefficient (Wildman–Crippen LogP) is 9.98. The van der Waals surface area contributed by atoms with E-state index in [9.17, 15) is 0 Å². The Morgan fingerprint density at radius 1 is 0.568 bits per heavy atom. The highest BCUT2D eigenvalue weighted by Gasteiger charge is 2.34.